The number of benzene rings is 2. The maximum Gasteiger partial charge on any atom is 0.257 e. The monoisotopic (exact) mass is 448 g/mol. The molecule has 0 atom stereocenters. The Hall–Kier alpha value is -3.48. The average Bonchev–Trinajstić information content (AvgIpc) is 2.73. The number of rotatable bonds is 6. The number of carbonyl (C=O) groups excluding carboxylic acids is 3. The minimum atomic E-state index is -0.339. The molecule has 1 heterocycles. The van der Waals surface area contributed by atoms with Crippen LogP contribution in [-0.2, 0) is 10.2 Å². The van der Waals surface area contributed by atoms with Crippen molar-refractivity contribution in [3.8, 4) is 0 Å². The molecule has 0 spiro atoms. The summed E-state index contributed by atoms with van der Waals surface area (Å²) in [5.41, 5.74) is 3.51. The molecular weight excluding hydrogens is 416 g/mol. The van der Waals surface area contributed by atoms with Crippen LogP contribution in [0.2, 0.25) is 0 Å². The van der Waals surface area contributed by atoms with E-state index < -0.39 is 0 Å². The van der Waals surface area contributed by atoms with E-state index >= 15 is 0 Å². The highest BCUT2D eigenvalue weighted by atomic mass is 16.2. The van der Waals surface area contributed by atoms with E-state index in [1.165, 1.54) is 0 Å². The molecule has 1 aliphatic heterocycles. The van der Waals surface area contributed by atoms with Gasteiger partial charge in [-0.15, -0.1) is 0 Å². The highest BCUT2D eigenvalue weighted by Gasteiger charge is 2.22. The molecule has 0 aliphatic carbocycles. The first-order valence-electron chi connectivity index (χ1n) is 11.2. The highest BCUT2D eigenvalue weighted by molar-refractivity contribution is 6.10. The second-order valence-corrected chi connectivity index (χ2v) is 9.72. The number of amides is 2. The Bertz CT molecular complexity index is 1100. The van der Waals surface area contributed by atoms with E-state index in [0.29, 0.717) is 36.4 Å². The van der Waals surface area contributed by atoms with Crippen molar-refractivity contribution in [2.24, 2.45) is 10.9 Å². The first kappa shape index (κ1) is 24.2. The standard InChI is InChI=1S/C26H32N4O3/c1-16(2)13-22(31)17-7-6-8-19(14-17)28-21-10-9-18(15-20(21)26(3,4)5)24(33)30-25-27-12-11-23(32)29-25/h6-10,14-16,28H,11-13H2,1-5H3,(H2,27,29,30,32,33). The molecule has 0 unspecified atom stereocenters. The van der Waals surface area contributed by atoms with E-state index in [0.717, 1.165) is 16.9 Å². The Kier molecular flexibility index (Phi) is 7.31. The molecule has 0 radical (unpaired) electrons. The minimum absolute atomic E-state index is 0.120. The predicted molar refractivity (Wildman–Crippen MR) is 131 cm³/mol. The number of carbonyl (C=O) groups is 3. The summed E-state index contributed by atoms with van der Waals surface area (Å²) in [6, 6.07) is 12.9. The van der Waals surface area contributed by atoms with Gasteiger partial charge in [-0.2, -0.15) is 0 Å². The van der Waals surface area contributed by atoms with Crippen molar-refractivity contribution in [2.75, 3.05) is 11.9 Å². The molecular formula is C26H32N4O3. The fourth-order valence-electron chi connectivity index (χ4n) is 3.58. The third-order valence-electron chi connectivity index (χ3n) is 5.25. The van der Waals surface area contributed by atoms with Gasteiger partial charge in [0.25, 0.3) is 5.91 Å². The number of ketones is 1. The van der Waals surface area contributed by atoms with E-state index in [4.69, 9.17) is 0 Å². The van der Waals surface area contributed by atoms with Crippen molar-refractivity contribution >= 4 is 34.9 Å². The van der Waals surface area contributed by atoms with Gasteiger partial charge in [-0.3, -0.25) is 30.0 Å². The van der Waals surface area contributed by atoms with Crippen molar-refractivity contribution in [1.82, 2.24) is 10.6 Å². The van der Waals surface area contributed by atoms with Crippen LogP contribution in [0, 0.1) is 5.92 Å². The molecule has 0 saturated heterocycles. The third-order valence-corrected chi connectivity index (χ3v) is 5.25. The topological polar surface area (TPSA) is 99.7 Å². The number of anilines is 2. The molecule has 7 nitrogen and oxygen atoms in total. The lowest BCUT2D eigenvalue weighted by atomic mass is 9.84. The van der Waals surface area contributed by atoms with Gasteiger partial charge < -0.3 is 5.32 Å². The highest BCUT2D eigenvalue weighted by Crippen LogP contribution is 2.33. The minimum Gasteiger partial charge on any atom is -0.355 e. The largest absolute Gasteiger partial charge is 0.355 e. The number of nitrogens with one attached hydrogen (secondary N) is 3. The summed E-state index contributed by atoms with van der Waals surface area (Å²) >= 11 is 0. The Morgan fingerprint density at radius 3 is 2.52 bits per heavy atom. The van der Waals surface area contributed by atoms with Crippen molar-refractivity contribution in [2.45, 2.75) is 52.9 Å². The number of nitrogens with zero attached hydrogens (tertiary/aromatic N) is 1. The second kappa shape index (κ2) is 9.98. The van der Waals surface area contributed by atoms with Gasteiger partial charge in [0.15, 0.2) is 5.78 Å². The van der Waals surface area contributed by atoms with Crippen LogP contribution in [0.15, 0.2) is 47.5 Å². The summed E-state index contributed by atoms with van der Waals surface area (Å²) in [6.45, 7) is 10.6. The van der Waals surface area contributed by atoms with Crippen molar-refractivity contribution in [3.05, 3.63) is 59.2 Å². The first-order chi connectivity index (χ1) is 15.5. The van der Waals surface area contributed by atoms with Crippen LogP contribution in [0.5, 0.6) is 0 Å². The van der Waals surface area contributed by atoms with Crippen LogP contribution >= 0.6 is 0 Å². The van der Waals surface area contributed by atoms with Gasteiger partial charge >= 0.3 is 0 Å². The average molecular weight is 449 g/mol. The molecule has 174 valence electrons. The maximum atomic E-state index is 12.8. The number of hydrogen-bond acceptors (Lipinski definition) is 5. The van der Waals surface area contributed by atoms with E-state index in [2.05, 4.69) is 41.7 Å². The molecule has 0 saturated carbocycles. The smallest absolute Gasteiger partial charge is 0.257 e. The van der Waals surface area contributed by atoms with Gasteiger partial charge in [-0.25, -0.2) is 0 Å². The summed E-state index contributed by atoms with van der Waals surface area (Å²) in [5.74, 6) is 0.0971. The van der Waals surface area contributed by atoms with Gasteiger partial charge in [-0.05, 0) is 47.2 Å². The Balaban J connectivity index is 1.85. The predicted octanol–water partition coefficient (Wildman–Crippen LogP) is 4.56. The Labute approximate surface area is 195 Å². The Morgan fingerprint density at radius 2 is 1.85 bits per heavy atom. The lowest BCUT2D eigenvalue weighted by Crippen LogP contribution is -2.46. The van der Waals surface area contributed by atoms with Gasteiger partial charge in [0.2, 0.25) is 11.9 Å². The zero-order chi connectivity index (χ0) is 24.2. The van der Waals surface area contributed by atoms with Crippen LogP contribution in [-0.4, -0.2) is 30.1 Å². The molecule has 0 aromatic heterocycles. The summed E-state index contributed by atoms with van der Waals surface area (Å²) in [4.78, 5) is 40.9. The number of Topliss-reactive ketones (excluding diaryl/α,β-unsaturated/α-hetero) is 1. The van der Waals surface area contributed by atoms with E-state index in [9.17, 15) is 14.4 Å². The van der Waals surface area contributed by atoms with E-state index in [-0.39, 0.29) is 29.0 Å². The molecule has 33 heavy (non-hydrogen) atoms. The van der Waals surface area contributed by atoms with Crippen molar-refractivity contribution in [3.63, 3.8) is 0 Å². The molecule has 3 rings (SSSR count). The van der Waals surface area contributed by atoms with Gasteiger partial charge in [-0.1, -0.05) is 46.8 Å². The summed E-state index contributed by atoms with van der Waals surface area (Å²) in [7, 11) is 0. The van der Waals surface area contributed by atoms with Gasteiger partial charge in [0.05, 0.1) is 6.54 Å². The summed E-state index contributed by atoms with van der Waals surface area (Å²) < 4.78 is 0. The molecule has 2 aromatic carbocycles. The van der Waals surface area contributed by atoms with E-state index in [1.807, 2.05) is 50.2 Å². The number of guanidine groups is 1. The quantitative estimate of drug-likeness (QED) is 0.564. The molecule has 0 bridgehead atoms. The Morgan fingerprint density at radius 1 is 1.09 bits per heavy atom. The number of hydrogen-bond donors (Lipinski definition) is 3. The van der Waals surface area contributed by atoms with Crippen LogP contribution in [0.1, 0.15) is 73.7 Å². The molecule has 3 N–H and O–H groups in total. The van der Waals surface area contributed by atoms with Crippen LogP contribution < -0.4 is 16.0 Å². The fourth-order valence-corrected chi connectivity index (χ4v) is 3.58. The van der Waals surface area contributed by atoms with Crippen molar-refractivity contribution < 1.29 is 14.4 Å². The van der Waals surface area contributed by atoms with Crippen LogP contribution in [0.3, 0.4) is 0 Å². The number of aliphatic imine (C=N–C) groups is 1. The first-order valence-corrected chi connectivity index (χ1v) is 11.2. The lowest BCUT2D eigenvalue weighted by Gasteiger charge is -2.25. The molecule has 0 fully saturated rings. The SMILES string of the molecule is CC(C)CC(=O)c1cccc(Nc2ccc(C(=O)NC3=NCCC(=O)N3)cc2C(C)(C)C)c1. The molecule has 1 aliphatic rings. The zero-order valence-corrected chi connectivity index (χ0v) is 19.9. The molecule has 2 amide bonds. The second-order valence-electron chi connectivity index (χ2n) is 9.72. The third kappa shape index (κ3) is 6.51. The molecule has 7 heteroatoms. The molecule has 2 aromatic rings. The lowest BCUT2D eigenvalue weighted by molar-refractivity contribution is -0.119. The normalized spacial score (nSPS) is 13.9. The van der Waals surface area contributed by atoms with Crippen molar-refractivity contribution in [1.29, 1.82) is 0 Å². The van der Waals surface area contributed by atoms with Crippen LogP contribution in [0.25, 0.3) is 0 Å². The van der Waals surface area contributed by atoms with Gasteiger partial charge in [0, 0.05) is 35.3 Å². The maximum absolute atomic E-state index is 12.8. The fraction of sp³-hybridized carbons (Fsp3) is 0.385. The van der Waals surface area contributed by atoms with Gasteiger partial charge in [0.1, 0.15) is 0 Å². The van der Waals surface area contributed by atoms with Crippen LogP contribution in [0.4, 0.5) is 11.4 Å². The van der Waals surface area contributed by atoms with E-state index in [1.54, 1.807) is 6.07 Å². The summed E-state index contributed by atoms with van der Waals surface area (Å²) in [6.07, 6.45) is 0.824. The zero-order valence-electron chi connectivity index (χ0n) is 19.9. The summed E-state index contributed by atoms with van der Waals surface area (Å²) in [5, 5.41) is 8.66.